The van der Waals surface area contributed by atoms with E-state index < -0.39 is 0 Å². The van der Waals surface area contributed by atoms with E-state index in [-0.39, 0.29) is 0 Å². The molecule has 0 N–H and O–H groups in total. The van der Waals surface area contributed by atoms with Crippen molar-refractivity contribution in [2.75, 3.05) is 0 Å². The summed E-state index contributed by atoms with van der Waals surface area (Å²) in [6, 6.07) is 0. The number of hydrogen-bond acceptors (Lipinski definition) is 0. The van der Waals surface area contributed by atoms with Crippen LogP contribution in [0.3, 0.4) is 0 Å². The van der Waals surface area contributed by atoms with Crippen molar-refractivity contribution in [2.24, 2.45) is 29.6 Å². The second kappa shape index (κ2) is 6.08. The van der Waals surface area contributed by atoms with E-state index in [9.17, 15) is 0 Å². The monoisotopic (exact) mass is 246 g/mol. The number of hydrogen-bond donors (Lipinski definition) is 0. The van der Waals surface area contributed by atoms with Gasteiger partial charge in [0.05, 0.1) is 0 Å². The third-order valence-corrected chi connectivity index (χ3v) is 5.62. The Kier molecular flexibility index (Phi) is 4.70. The van der Waals surface area contributed by atoms with Gasteiger partial charge in [-0.2, -0.15) is 0 Å². The molecule has 0 heteroatoms. The normalized spacial score (nSPS) is 40.0. The van der Waals surface area contributed by atoms with Gasteiger partial charge in [-0.25, -0.2) is 0 Å². The van der Waals surface area contributed by atoms with Crippen LogP contribution < -0.4 is 0 Å². The predicted octanol–water partition coefficient (Wildman–Crippen LogP) is 5.61. The van der Waals surface area contributed by atoms with Gasteiger partial charge in [-0.3, -0.25) is 0 Å². The molecule has 0 saturated heterocycles. The smallest absolute Gasteiger partial charge is 0.0205 e. The Morgan fingerprint density at radius 1 is 1.17 bits per heavy atom. The lowest BCUT2D eigenvalue weighted by molar-refractivity contribution is 0.0336. The van der Waals surface area contributed by atoms with Crippen molar-refractivity contribution < 1.29 is 0 Å². The van der Waals surface area contributed by atoms with Crippen LogP contribution in [0.4, 0.5) is 0 Å². The lowest BCUT2D eigenvalue weighted by atomic mass is 9.57. The lowest BCUT2D eigenvalue weighted by Crippen LogP contribution is -2.39. The Bertz CT molecular complexity index is 301. The molecule has 0 aliphatic heterocycles. The largest absolute Gasteiger partial charge is 0.103 e. The van der Waals surface area contributed by atoms with Gasteiger partial charge in [-0.15, -0.1) is 13.2 Å². The first-order chi connectivity index (χ1) is 8.63. The van der Waals surface area contributed by atoms with Crippen LogP contribution in [-0.4, -0.2) is 0 Å². The third kappa shape index (κ3) is 2.90. The molecule has 0 spiro atoms. The predicted molar refractivity (Wildman–Crippen MR) is 80.5 cm³/mol. The maximum atomic E-state index is 4.10. The van der Waals surface area contributed by atoms with Crippen LogP contribution in [0.15, 0.2) is 24.8 Å². The van der Waals surface area contributed by atoms with Crippen molar-refractivity contribution in [3.05, 3.63) is 24.8 Å². The molecule has 0 aromatic heterocycles. The molecular formula is C18H30. The van der Waals surface area contributed by atoms with E-state index in [1.54, 1.807) is 0 Å². The minimum absolute atomic E-state index is 0.774. The Labute approximate surface area is 114 Å². The maximum absolute atomic E-state index is 4.10. The zero-order chi connectivity index (χ0) is 13.1. The first kappa shape index (κ1) is 13.9. The zero-order valence-electron chi connectivity index (χ0n) is 12.3. The molecule has 2 saturated carbocycles. The van der Waals surface area contributed by atoms with Gasteiger partial charge in [-0.1, -0.05) is 31.4 Å². The second-order valence-electron chi connectivity index (χ2n) is 6.87. The van der Waals surface area contributed by atoms with Gasteiger partial charge in [0.15, 0.2) is 0 Å². The van der Waals surface area contributed by atoms with Crippen LogP contribution in [-0.2, 0) is 0 Å². The number of fused-ring (bicyclic) bond motifs is 1. The summed E-state index contributed by atoms with van der Waals surface area (Å²) >= 11 is 0. The van der Waals surface area contributed by atoms with Gasteiger partial charge in [0.1, 0.15) is 0 Å². The van der Waals surface area contributed by atoms with Gasteiger partial charge in [0.25, 0.3) is 0 Å². The van der Waals surface area contributed by atoms with Crippen LogP contribution in [0, 0.1) is 29.6 Å². The van der Waals surface area contributed by atoms with E-state index in [1.807, 2.05) is 0 Å². The first-order valence-corrected chi connectivity index (χ1v) is 7.90. The second-order valence-corrected chi connectivity index (χ2v) is 6.87. The molecule has 0 amide bonds. The summed E-state index contributed by atoms with van der Waals surface area (Å²) in [5.74, 6) is 4.60. The lowest BCUT2D eigenvalue weighted by Gasteiger charge is -2.48. The van der Waals surface area contributed by atoms with Crippen LogP contribution in [0.1, 0.15) is 58.8 Å². The summed E-state index contributed by atoms with van der Waals surface area (Å²) in [6.07, 6.45) is 12.0. The SMILES string of the molecule is C=CC1CCC2C(C)CCCC2C1CCC(=C)C. The standard InChI is InChI=1S/C18H30/c1-5-15-10-12-16-14(4)7-6-8-18(16)17(15)11-9-13(2)3/h5,14-18H,1-2,6-12H2,3-4H3. The molecule has 0 bridgehead atoms. The van der Waals surface area contributed by atoms with E-state index >= 15 is 0 Å². The highest BCUT2D eigenvalue weighted by molar-refractivity contribution is 4.99. The van der Waals surface area contributed by atoms with E-state index in [0.717, 1.165) is 29.6 Å². The molecule has 5 unspecified atom stereocenters. The van der Waals surface area contributed by atoms with Gasteiger partial charge in [-0.05, 0) is 68.6 Å². The Balaban J connectivity index is 2.08. The van der Waals surface area contributed by atoms with Gasteiger partial charge in [0, 0.05) is 0 Å². The fourth-order valence-electron chi connectivity index (χ4n) is 4.61. The van der Waals surface area contributed by atoms with Crippen molar-refractivity contribution in [2.45, 2.75) is 58.8 Å². The maximum Gasteiger partial charge on any atom is -0.0205 e. The van der Waals surface area contributed by atoms with Crippen molar-refractivity contribution in [3.8, 4) is 0 Å². The van der Waals surface area contributed by atoms with Crippen molar-refractivity contribution in [3.63, 3.8) is 0 Å². The third-order valence-electron chi connectivity index (χ3n) is 5.62. The molecule has 0 heterocycles. The van der Waals surface area contributed by atoms with Gasteiger partial charge >= 0.3 is 0 Å². The molecule has 0 aromatic carbocycles. The summed E-state index contributed by atoms with van der Waals surface area (Å²) in [5, 5.41) is 0. The summed E-state index contributed by atoms with van der Waals surface area (Å²) in [4.78, 5) is 0. The topological polar surface area (TPSA) is 0 Å². The number of allylic oxidation sites excluding steroid dienone is 2. The molecule has 0 aromatic rings. The first-order valence-electron chi connectivity index (χ1n) is 7.90. The quantitative estimate of drug-likeness (QED) is 0.566. The summed E-state index contributed by atoms with van der Waals surface area (Å²) < 4.78 is 0. The molecule has 18 heavy (non-hydrogen) atoms. The average molecular weight is 246 g/mol. The zero-order valence-corrected chi connectivity index (χ0v) is 12.3. The van der Waals surface area contributed by atoms with Crippen molar-refractivity contribution in [1.29, 1.82) is 0 Å². The van der Waals surface area contributed by atoms with Crippen molar-refractivity contribution >= 4 is 0 Å². The van der Waals surface area contributed by atoms with Crippen LogP contribution in [0.25, 0.3) is 0 Å². The summed E-state index contributed by atoms with van der Waals surface area (Å²) in [6.45, 7) is 12.8. The van der Waals surface area contributed by atoms with Gasteiger partial charge in [0.2, 0.25) is 0 Å². The molecule has 102 valence electrons. The van der Waals surface area contributed by atoms with E-state index in [2.05, 4.69) is 33.1 Å². The molecule has 5 atom stereocenters. The molecule has 2 aliphatic rings. The molecular weight excluding hydrogens is 216 g/mol. The summed E-state index contributed by atoms with van der Waals surface area (Å²) in [5.41, 5.74) is 1.35. The van der Waals surface area contributed by atoms with Crippen molar-refractivity contribution in [1.82, 2.24) is 0 Å². The fourth-order valence-corrected chi connectivity index (χ4v) is 4.61. The highest BCUT2D eigenvalue weighted by atomic mass is 14.5. The Hall–Kier alpha value is -0.520. The Morgan fingerprint density at radius 2 is 1.94 bits per heavy atom. The average Bonchev–Trinajstić information content (AvgIpc) is 2.36. The minimum atomic E-state index is 0.774. The van der Waals surface area contributed by atoms with Gasteiger partial charge < -0.3 is 0 Å². The van der Waals surface area contributed by atoms with Crippen LogP contribution in [0.5, 0.6) is 0 Å². The van der Waals surface area contributed by atoms with E-state index in [4.69, 9.17) is 0 Å². The highest BCUT2D eigenvalue weighted by Gasteiger charge is 2.41. The summed E-state index contributed by atoms with van der Waals surface area (Å²) in [7, 11) is 0. The van der Waals surface area contributed by atoms with E-state index in [1.165, 1.54) is 50.5 Å². The number of rotatable bonds is 4. The Morgan fingerprint density at radius 3 is 2.61 bits per heavy atom. The molecule has 2 fully saturated rings. The molecule has 0 radical (unpaired) electrons. The fraction of sp³-hybridized carbons (Fsp3) is 0.778. The highest BCUT2D eigenvalue weighted by Crippen LogP contribution is 2.50. The van der Waals surface area contributed by atoms with Crippen LogP contribution in [0.2, 0.25) is 0 Å². The molecule has 2 rings (SSSR count). The molecule has 0 nitrogen and oxygen atoms in total. The minimum Gasteiger partial charge on any atom is -0.103 e. The van der Waals surface area contributed by atoms with Crippen LogP contribution >= 0.6 is 0 Å². The molecule has 2 aliphatic carbocycles. The van der Waals surface area contributed by atoms with E-state index in [0.29, 0.717) is 0 Å².